The molecule has 0 saturated carbocycles. The lowest BCUT2D eigenvalue weighted by molar-refractivity contribution is 0.414. The molecule has 0 aliphatic rings. The SMILES string of the molecule is CCNc1cc(C)nc(CSc2ccc(OC)cc2)n1. The van der Waals surface area contributed by atoms with Crippen molar-refractivity contribution in [1.82, 2.24) is 9.97 Å². The van der Waals surface area contributed by atoms with Crippen LogP contribution in [-0.2, 0) is 5.75 Å². The van der Waals surface area contributed by atoms with Crippen molar-refractivity contribution in [2.24, 2.45) is 0 Å². The van der Waals surface area contributed by atoms with E-state index >= 15 is 0 Å². The number of nitrogens with one attached hydrogen (secondary N) is 1. The Morgan fingerprint density at radius 2 is 1.95 bits per heavy atom. The highest BCUT2D eigenvalue weighted by molar-refractivity contribution is 7.98. The lowest BCUT2D eigenvalue weighted by Crippen LogP contribution is -2.04. The van der Waals surface area contributed by atoms with Crippen LogP contribution in [0.2, 0.25) is 0 Å². The molecule has 0 unspecified atom stereocenters. The van der Waals surface area contributed by atoms with Crippen LogP contribution in [0.5, 0.6) is 5.75 Å². The lowest BCUT2D eigenvalue weighted by atomic mass is 10.3. The maximum absolute atomic E-state index is 5.15. The van der Waals surface area contributed by atoms with E-state index in [0.29, 0.717) is 0 Å². The first kappa shape index (κ1) is 14.7. The fourth-order valence-corrected chi connectivity index (χ4v) is 2.54. The lowest BCUT2D eigenvalue weighted by Gasteiger charge is -2.07. The normalized spacial score (nSPS) is 10.3. The van der Waals surface area contributed by atoms with Crippen molar-refractivity contribution in [2.45, 2.75) is 24.5 Å². The fourth-order valence-electron chi connectivity index (χ4n) is 1.79. The topological polar surface area (TPSA) is 47.0 Å². The van der Waals surface area contributed by atoms with Gasteiger partial charge in [0.25, 0.3) is 0 Å². The number of benzene rings is 1. The van der Waals surface area contributed by atoms with Gasteiger partial charge in [-0.25, -0.2) is 9.97 Å². The second-order valence-electron chi connectivity index (χ2n) is 4.31. The molecule has 0 aliphatic carbocycles. The van der Waals surface area contributed by atoms with Gasteiger partial charge in [-0.1, -0.05) is 0 Å². The van der Waals surface area contributed by atoms with Crippen molar-refractivity contribution < 1.29 is 4.74 Å². The molecule has 0 atom stereocenters. The number of anilines is 1. The van der Waals surface area contributed by atoms with Crippen molar-refractivity contribution in [1.29, 1.82) is 0 Å². The van der Waals surface area contributed by atoms with Crippen molar-refractivity contribution in [2.75, 3.05) is 19.0 Å². The first-order valence-corrected chi connectivity index (χ1v) is 7.55. The van der Waals surface area contributed by atoms with Crippen molar-refractivity contribution in [3.63, 3.8) is 0 Å². The zero-order valence-electron chi connectivity index (χ0n) is 12.0. The van der Waals surface area contributed by atoms with Gasteiger partial charge in [0.1, 0.15) is 17.4 Å². The maximum atomic E-state index is 5.15. The zero-order chi connectivity index (χ0) is 14.4. The number of aryl methyl sites for hydroxylation is 1. The van der Waals surface area contributed by atoms with Gasteiger partial charge in [0.05, 0.1) is 12.9 Å². The molecule has 0 bridgehead atoms. The summed E-state index contributed by atoms with van der Waals surface area (Å²) in [6.45, 7) is 4.91. The third-order valence-corrected chi connectivity index (χ3v) is 3.69. The van der Waals surface area contributed by atoms with Gasteiger partial charge < -0.3 is 10.1 Å². The Labute approximate surface area is 124 Å². The molecule has 0 spiro atoms. The van der Waals surface area contributed by atoms with E-state index in [9.17, 15) is 0 Å². The summed E-state index contributed by atoms with van der Waals surface area (Å²) in [5, 5.41) is 3.23. The molecule has 0 saturated heterocycles. The predicted molar refractivity (Wildman–Crippen MR) is 83.5 cm³/mol. The van der Waals surface area contributed by atoms with E-state index in [1.807, 2.05) is 37.3 Å². The molecule has 1 heterocycles. The fraction of sp³-hybridized carbons (Fsp3) is 0.333. The quantitative estimate of drug-likeness (QED) is 0.824. The number of hydrogen-bond acceptors (Lipinski definition) is 5. The standard InChI is InChI=1S/C15H19N3OS/c1-4-16-14-9-11(2)17-15(18-14)10-20-13-7-5-12(19-3)6-8-13/h5-9H,4,10H2,1-3H3,(H,16,17,18). The highest BCUT2D eigenvalue weighted by Gasteiger charge is 2.03. The zero-order valence-corrected chi connectivity index (χ0v) is 12.8. The van der Waals surface area contributed by atoms with Crippen molar-refractivity contribution in [3.05, 3.63) is 41.9 Å². The van der Waals surface area contributed by atoms with Gasteiger partial charge in [0.2, 0.25) is 0 Å². The van der Waals surface area contributed by atoms with E-state index in [1.54, 1.807) is 18.9 Å². The molecule has 20 heavy (non-hydrogen) atoms. The van der Waals surface area contributed by atoms with E-state index in [2.05, 4.69) is 22.2 Å². The third-order valence-electron chi connectivity index (χ3n) is 2.69. The largest absolute Gasteiger partial charge is 0.497 e. The van der Waals surface area contributed by atoms with E-state index in [-0.39, 0.29) is 0 Å². The van der Waals surface area contributed by atoms with E-state index in [0.717, 1.165) is 35.4 Å². The van der Waals surface area contributed by atoms with Crippen LogP contribution in [-0.4, -0.2) is 23.6 Å². The van der Waals surface area contributed by atoms with Crippen LogP contribution in [0.1, 0.15) is 18.4 Å². The molecule has 0 aliphatic heterocycles. The summed E-state index contributed by atoms with van der Waals surface area (Å²) in [5.74, 6) is 3.37. The summed E-state index contributed by atoms with van der Waals surface area (Å²) >= 11 is 1.72. The summed E-state index contributed by atoms with van der Waals surface area (Å²) in [5.41, 5.74) is 0.987. The molecule has 4 nitrogen and oxygen atoms in total. The Morgan fingerprint density at radius 3 is 2.60 bits per heavy atom. The number of thioether (sulfide) groups is 1. The van der Waals surface area contributed by atoms with Gasteiger partial charge in [0.15, 0.2) is 0 Å². The molecule has 1 aromatic carbocycles. The van der Waals surface area contributed by atoms with Crippen LogP contribution >= 0.6 is 11.8 Å². The average Bonchev–Trinajstić information content (AvgIpc) is 2.45. The minimum absolute atomic E-state index is 0.756. The van der Waals surface area contributed by atoms with E-state index in [1.165, 1.54) is 4.90 Å². The van der Waals surface area contributed by atoms with E-state index in [4.69, 9.17) is 4.74 Å². The smallest absolute Gasteiger partial charge is 0.141 e. The number of methoxy groups -OCH3 is 1. The summed E-state index contributed by atoms with van der Waals surface area (Å²) in [4.78, 5) is 10.2. The Balaban J connectivity index is 2.02. The van der Waals surface area contributed by atoms with Crippen LogP contribution in [0.3, 0.4) is 0 Å². The van der Waals surface area contributed by atoms with Gasteiger partial charge in [-0.2, -0.15) is 0 Å². The van der Waals surface area contributed by atoms with Crippen LogP contribution in [0, 0.1) is 6.92 Å². The molecule has 2 rings (SSSR count). The second kappa shape index (κ2) is 7.14. The monoisotopic (exact) mass is 289 g/mol. The molecule has 1 aromatic heterocycles. The Morgan fingerprint density at radius 1 is 1.20 bits per heavy atom. The molecule has 0 fully saturated rings. The third kappa shape index (κ3) is 4.13. The Bertz CT molecular complexity index is 558. The number of nitrogens with zero attached hydrogens (tertiary/aromatic N) is 2. The number of rotatable bonds is 6. The Kier molecular flexibility index (Phi) is 5.24. The second-order valence-corrected chi connectivity index (χ2v) is 5.35. The summed E-state index contributed by atoms with van der Waals surface area (Å²) in [6.07, 6.45) is 0. The summed E-state index contributed by atoms with van der Waals surface area (Å²) in [7, 11) is 1.67. The maximum Gasteiger partial charge on any atom is 0.141 e. The number of ether oxygens (including phenoxy) is 1. The minimum Gasteiger partial charge on any atom is -0.497 e. The van der Waals surface area contributed by atoms with Crippen molar-refractivity contribution in [3.8, 4) is 5.75 Å². The first-order chi connectivity index (χ1) is 9.71. The van der Waals surface area contributed by atoms with Gasteiger partial charge in [-0.15, -0.1) is 11.8 Å². The highest BCUT2D eigenvalue weighted by atomic mass is 32.2. The van der Waals surface area contributed by atoms with Gasteiger partial charge in [0, 0.05) is 23.2 Å². The minimum atomic E-state index is 0.756. The molecular weight excluding hydrogens is 270 g/mol. The van der Waals surface area contributed by atoms with E-state index < -0.39 is 0 Å². The summed E-state index contributed by atoms with van der Waals surface area (Å²) < 4.78 is 5.15. The first-order valence-electron chi connectivity index (χ1n) is 6.56. The number of hydrogen-bond donors (Lipinski definition) is 1. The van der Waals surface area contributed by atoms with Gasteiger partial charge in [-0.05, 0) is 38.1 Å². The summed E-state index contributed by atoms with van der Waals surface area (Å²) in [6, 6.07) is 9.98. The molecule has 1 N–H and O–H groups in total. The Hall–Kier alpha value is -1.75. The molecular formula is C15H19N3OS. The molecule has 0 amide bonds. The van der Waals surface area contributed by atoms with Gasteiger partial charge in [-0.3, -0.25) is 0 Å². The van der Waals surface area contributed by atoms with Crippen LogP contribution in [0.15, 0.2) is 35.2 Å². The van der Waals surface area contributed by atoms with Crippen LogP contribution in [0.25, 0.3) is 0 Å². The predicted octanol–water partition coefficient (Wildman–Crippen LogP) is 3.52. The molecule has 106 valence electrons. The van der Waals surface area contributed by atoms with Crippen LogP contribution < -0.4 is 10.1 Å². The average molecular weight is 289 g/mol. The molecule has 0 radical (unpaired) electrons. The highest BCUT2D eigenvalue weighted by Crippen LogP contribution is 2.24. The molecule has 5 heteroatoms. The number of aromatic nitrogens is 2. The van der Waals surface area contributed by atoms with Gasteiger partial charge >= 0.3 is 0 Å². The van der Waals surface area contributed by atoms with Crippen molar-refractivity contribution >= 4 is 17.6 Å². The molecule has 2 aromatic rings. The van der Waals surface area contributed by atoms with Crippen LogP contribution in [0.4, 0.5) is 5.82 Å².